The summed E-state index contributed by atoms with van der Waals surface area (Å²) in [5.41, 5.74) is 2.67. The zero-order valence-electron chi connectivity index (χ0n) is 33.2. The molecule has 2 fully saturated rings. The molecule has 0 radical (unpaired) electrons. The van der Waals surface area contributed by atoms with Gasteiger partial charge in [-0.25, -0.2) is 14.4 Å². The number of nitrogens with one attached hydrogen (secondary N) is 3. The Balaban J connectivity index is 0.973. The summed E-state index contributed by atoms with van der Waals surface area (Å²) in [6, 6.07) is 27.9. The van der Waals surface area contributed by atoms with Gasteiger partial charge in [0.25, 0.3) is 0 Å². The highest BCUT2D eigenvalue weighted by molar-refractivity contribution is 5.86. The predicted molar refractivity (Wildman–Crippen MR) is 215 cm³/mol. The number of ether oxygens (including phenoxy) is 7. The second-order valence-electron chi connectivity index (χ2n) is 15.0. The molecule has 3 N–H and O–H groups in total. The number of fused-ring (bicyclic) bond motifs is 2. The number of hydrogen-bond acceptors (Lipinski definition) is 11. The first-order chi connectivity index (χ1) is 28.7. The molecule has 312 valence electrons. The van der Waals surface area contributed by atoms with Gasteiger partial charge in [0.15, 0.2) is 17.3 Å². The summed E-state index contributed by atoms with van der Waals surface area (Å²) < 4.78 is 40.9. The van der Waals surface area contributed by atoms with Crippen LogP contribution in [0.3, 0.4) is 0 Å². The van der Waals surface area contributed by atoms with Crippen LogP contribution in [0, 0.1) is 0 Å². The molecule has 0 aliphatic carbocycles. The molecule has 59 heavy (non-hydrogen) atoms. The number of benzene rings is 4. The Morgan fingerprint density at radius 3 is 2.46 bits per heavy atom. The van der Waals surface area contributed by atoms with Gasteiger partial charge in [-0.15, -0.1) is 0 Å². The number of rotatable bonds is 15. The lowest BCUT2D eigenvalue weighted by Gasteiger charge is -2.47. The SMILES string of the molecule is CCOC(=O)[C@H](Cc1ccccc1)NC(=O)CC[C@@H]1C[C@@H](OC(=O)NCc2cccc3ccccc23)C[C@@]2(CCC[C@H](COC(=O)NCc3ccc4c(c3)OCO4)O2)O1. The minimum absolute atomic E-state index is 0.0150. The molecule has 3 amide bonds. The van der Waals surface area contributed by atoms with Crippen molar-refractivity contribution >= 4 is 34.8 Å². The van der Waals surface area contributed by atoms with Crippen molar-refractivity contribution in [2.24, 2.45) is 0 Å². The Morgan fingerprint density at radius 1 is 0.814 bits per heavy atom. The Morgan fingerprint density at radius 2 is 1.59 bits per heavy atom. The standard InChI is InChI=1S/C45H51N3O11/c1-2-53-42(50)38(22-30-10-4-3-5-11-30)48-41(49)20-18-34-24-36(57-44(52)47-27-33-14-8-13-32-12-6-7-16-37(32)33)25-45(58-34)21-9-15-35(59-45)28-54-43(51)46-26-31-17-19-39-40(23-31)56-29-55-39/h3-8,10-14,16-17,19,23,34-36,38H,2,9,15,18,20-22,24-29H2,1H3,(H,46,51)(H,47,52)(H,48,49)/t34-,35-,36-,38+,45+/m1/s1. The molecule has 7 rings (SSSR count). The van der Waals surface area contributed by atoms with Crippen LogP contribution in [0.25, 0.3) is 10.8 Å². The van der Waals surface area contributed by atoms with E-state index in [4.69, 9.17) is 33.2 Å². The highest BCUT2D eigenvalue weighted by atomic mass is 16.7. The van der Waals surface area contributed by atoms with E-state index >= 15 is 0 Å². The zero-order valence-corrected chi connectivity index (χ0v) is 33.2. The molecule has 0 bridgehead atoms. The van der Waals surface area contributed by atoms with E-state index in [0.29, 0.717) is 37.2 Å². The van der Waals surface area contributed by atoms with Gasteiger partial charge in [0.2, 0.25) is 12.7 Å². The van der Waals surface area contributed by atoms with E-state index < -0.39 is 48.3 Å². The summed E-state index contributed by atoms with van der Waals surface area (Å²) in [5.74, 6) is -0.707. The minimum Gasteiger partial charge on any atom is -0.464 e. The third-order valence-corrected chi connectivity index (χ3v) is 10.6. The van der Waals surface area contributed by atoms with E-state index in [2.05, 4.69) is 16.0 Å². The number of hydrogen-bond donors (Lipinski definition) is 3. The van der Waals surface area contributed by atoms with Gasteiger partial charge in [-0.3, -0.25) is 4.79 Å². The largest absolute Gasteiger partial charge is 0.464 e. The Bertz CT molecular complexity index is 2080. The van der Waals surface area contributed by atoms with Gasteiger partial charge in [-0.1, -0.05) is 78.9 Å². The fourth-order valence-electron chi connectivity index (χ4n) is 7.86. The molecule has 14 nitrogen and oxygen atoms in total. The monoisotopic (exact) mass is 809 g/mol. The van der Waals surface area contributed by atoms with E-state index in [-0.39, 0.29) is 64.7 Å². The van der Waals surface area contributed by atoms with Crippen molar-refractivity contribution in [1.29, 1.82) is 0 Å². The molecule has 2 saturated heterocycles. The molecular weight excluding hydrogens is 759 g/mol. The lowest BCUT2D eigenvalue weighted by Crippen LogP contribution is -2.54. The van der Waals surface area contributed by atoms with E-state index in [9.17, 15) is 19.2 Å². The molecule has 3 heterocycles. The highest BCUT2D eigenvalue weighted by Crippen LogP contribution is 2.41. The maximum atomic E-state index is 13.4. The first kappa shape index (κ1) is 41.3. The average molecular weight is 810 g/mol. The van der Waals surface area contributed by atoms with Crippen molar-refractivity contribution < 1.29 is 52.3 Å². The maximum Gasteiger partial charge on any atom is 0.407 e. The number of carbonyl (C=O) groups is 4. The molecule has 3 aliphatic heterocycles. The van der Waals surface area contributed by atoms with Gasteiger partial charge in [0.05, 0.1) is 18.8 Å². The second kappa shape index (κ2) is 19.7. The third-order valence-electron chi connectivity index (χ3n) is 10.6. The van der Waals surface area contributed by atoms with Crippen molar-refractivity contribution in [2.75, 3.05) is 20.0 Å². The van der Waals surface area contributed by atoms with Crippen LogP contribution < -0.4 is 25.4 Å². The zero-order chi connectivity index (χ0) is 41.0. The quantitative estimate of drug-likeness (QED) is 0.0874. The number of carbonyl (C=O) groups excluding carboxylic acids is 4. The summed E-state index contributed by atoms with van der Waals surface area (Å²) in [6.45, 7) is 2.56. The first-order valence-corrected chi connectivity index (χ1v) is 20.3. The van der Waals surface area contributed by atoms with E-state index in [1.54, 1.807) is 13.0 Å². The summed E-state index contributed by atoms with van der Waals surface area (Å²) in [6.07, 6.45) is 0.259. The van der Waals surface area contributed by atoms with Crippen molar-refractivity contribution in [3.05, 3.63) is 108 Å². The molecule has 1 spiro atoms. The van der Waals surface area contributed by atoms with Crippen molar-refractivity contribution in [3.63, 3.8) is 0 Å². The third kappa shape index (κ3) is 11.4. The molecular formula is C45H51N3O11. The first-order valence-electron chi connectivity index (χ1n) is 20.3. The molecule has 0 unspecified atom stereocenters. The summed E-state index contributed by atoms with van der Waals surface area (Å²) >= 11 is 0. The van der Waals surface area contributed by atoms with E-state index in [1.807, 2.05) is 84.9 Å². The van der Waals surface area contributed by atoms with Gasteiger partial charge >= 0.3 is 18.2 Å². The Labute approximate surface area is 343 Å². The molecule has 4 aromatic rings. The van der Waals surface area contributed by atoms with E-state index in [0.717, 1.165) is 27.5 Å². The topological polar surface area (TPSA) is 169 Å². The van der Waals surface area contributed by atoms with Crippen LogP contribution in [0.4, 0.5) is 9.59 Å². The molecule has 5 atom stereocenters. The average Bonchev–Trinajstić information content (AvgIpc) is 3.72. The Hall–Kier alpha value is -5.86. The highest BCUT2D eigenvalue weighted by Gasteiger charge is 2.47. The summed E-state index contributed by atoms with van der Waals surface area (Å²) in [5, 5.41) is 10.6. The lowest BCUT2D eigenvalue weighted by atomic mass is 9.90. The van der Waals surface area contributed by atoms with Crippen LogP contribution in [0.15, 0.2) is 91.0 Å². The smallest absolute Gasteiger partial charge is 0.407 e. The van der Waals surface area contributed by atoms with Gasteiger partial charge < -0.3 is 49.1 Å². The fourth-order valence-corrected chi connectivity index (χ4v) is 7.86. The normalized spacial score (nSPS) is 21.3. The van der Waals surface area contributed by atoms with Crippen molar-refractivity contribution in [1.82, 2.24) is 16.0 Å². The number of alkyl carbamates (subject to hydrolysis) is 2. The Kier molecular flexibility index (Phi) is 13.8. The van der Waals surface area contributed by atoms with Crippen LogP contribution in [0.1, 0.15) is 68.6 Å². The lowest BCUT2D eigenvalue weighted by molar-refractivity contribution is -0.329. The van der Waals surface area contributed by atoms with Crippen LogP contribution in [-0.4, -0.2) is 74.2 Å². The van der Waals surface area contributed by atoms with Gasteiger partial charge in [0.1, 0.15) is 18.8 Å². The molecule has 14 heteroatoms. The van der Waals surface area contributed by atoms with Crippen LogP contribution in [0.2, 0.25) is 0 Å². The van der Waals surface area contributed by atoms with Crippen LogP contribution in [-0.2, 0) is 52.8 Å². The van der Waals surface area contributed by atoms with Gasteiger partial charge in [-0.2, -0.15) is 0 Å². The number of amides is 3. The second-order valence-corrected chi connectivity index (χ2v) is 15.0. The van der Waals surface area contributed by atoms with Crippen LogP contribution >= 0.6 is 0 Å². The van der Waals surface area contributed by atoms with Gasteiger partial charge in [0, 0.05) is 45.2 Å². The van der Waals surface area contributed by atoms with Gasteiger partial charge in [-0.05, 0) is 65.8 Å². The fraction of sp³-hybridized carbons (Fsp3) is 0.422. The maximum absolute atomic E-state index is 13.4. The van der Waals surface area contributed by atoms with E-state index in [1.165, 1.54) is 0 Å². The summed E-state index contributed by atoms with van der Waals surface area (Å²) in [7, 11) is 0. The predicted octanol–water partition coefficient (Wildman–Crippen LogP) is 6.60. The molecule has 0 aromatic heterocycles. The number of esters is 1. The molecule has 3 aliphatic rings. The van der Waals surface area contributed by atoms with Crippen molar-refractivity contribution in [3.8, 4) is 11.5 Å². The van der Waals surface area contributed by atoms with Crippen LogP contribution in [0.5, 0.6) is 11.5 Å². The molecule has 4 aromatic carbocycles. The molecule has 0 saturated carbocycles. The summed E-state index contributed by atoms with van der Waals surface area (Å²) in [4.78, 5) is 52.2. The minimum atomic E-state index is -1.14. The van der Waals surface area contributed by atoms with Crippen molar-refractivity contribution in [2.45, 2.75) is 102 Å².